The first-order valence-corrected chi connectivity index (χ1v) is 9.66. The Labute approximate surface area is 165 Å². The highest BCUT2D eigenvalue weighted by molar-refractivity contribution is 6.08. The van der Waals surface area contributed by atoms with Crippen LogP contribution in [0.3, 0.4) is 0 Å². The Kier molecular flexibility index (Phi) is 6.53. The predicted octanol–water partition coefficient (Wildman–Crippen LogP) is 3.41. The summed E-state index contributed by atoms with van der Waals surface area (Å²) in [5.74, 6) is 0.829. The summed E-state index contributed by atoms with van der Waals surface area (Å²) in [5, 5.41) is 2.58. The third kappa shape index (κ3) is 4.44. The number of rotatable bonds is 7. The molecule has 1 aliphatic heterocycles. The number of nitrogens with zero attached hydrogens (tertiary/aromatic N) is 1. The molecule has 0 unspecified atom stereocenters. The molecular weight excluding hydrogens is 356 g/mol. The van der Waals surface area contributed by atoms with Gasteiger partial charge in [0.15, 0.2) is 6.10 Å². The van der Waals surface area contributed by atoms with Gasteiger partial charge in [-0.05, 0) is 42.8 Å². The Balaban J connectivity index is 1.76. The normalized spacial score (nSPS) is 15.4. The number of carbonyl (C=O) groups is 2. The number of benzene rings is 2. The smallest absolute Gasteiger partial charge is 0.262 e. The molecule has 1 aliphatic rings. The van der Waals surface area contributed by atoms with Crippen LogP contribution in [0.5, 0.6) is 11.5 Å². The standard InChI is InChI=1S/C22H26N2O4/c1-3-4-7-14-27-17-12-10-16(11-13-17)22(26)24-15-20(21(25)23-2)28-19-9-6-5-8-18(19)24/h5-6,8-13,20H,3-4,7,14-15H2,1-2H3,(H,23,25)/t20-/m0/s1. The molecule has 1 atom stereocenters. The molecule has 0 radical (unpaired) electrons. The van der Waals surface area contributed by atoms with E-state index in [2.05, 4.69) is 12.2 Å². The first-order chi connectivity index (χ1) is 13.6. The molecule has 2 amide bonds. The van der Waals surface area contributed by atoms with E-state index in [1.165, 1.54) is 0 Å². The molecule has 2 aromatic carbocycles. The molecule has 0 aromatic heterocycles. The highest BCUT2D eigenvalue weighted by Gasteiger charge is 2.33. The summed E-state index contributed by atoms with van der Waals surface area (Å²) in [7, 11) is 1.55. The van der Waals surface area contributed by atoms with Crippen LogP contribution in [0.2, 0.25) is 0 Å². The Bertz CT molecular complexity index is 820. The lowest BCUT2D eigenvalue weighted by Gasteiger charge is -2.34. The Hall–Kier alpha value is -3.02. The largest absolute Gasteiger partial charge is 0.494 e. The van der Waals surface area contributed by atoms with Crippen LogP contribution in [0.1, 0.15) is 36.5 Å². The quantitative estimate of drug-likeness (QED) is 0.745. The maximum Gasteiger partial charge on any atom is 0.262 e. The lowest BCUT2D eigenvalue weighted by Crippen LogP contribution is -2.50. The van der Waals surface area contributed by atoms with Crippen molar-refractivity contribution in [3.8, 4) is 11.5 Å². The number of unbranched alkanes of at least 4 members (excludes halogenated alkanes) is 2. The number of para-hydroxylation sites is 2. The summed E-state index contributed by atoms with van der Waals surface area (Å²) in [4.78, 5) is 26.8. The van der Waals surface area contributed by atoms with Crippen molar-refractivity contribution in [3.05, 3.63) is 54.1 Å². The average molecular weight is 382 g/mol. The molecular formula is C22H26N2O4. The van der Waals surface area contributed by atoms with Gasteiger partial charge in [0.1, 0.15) is 11.5 Å². The second kappa shape index (κ2) is 9.26. The minimum Gasteiger partial charge on any atom is -0.494 e. The van der Waals surface area contributed by atoms with Crippen LogP contribution in [0.25, 0.3) is 0 Å². The van der Waals surface area contributed by atoms with Gasteiger partial charge in [0.2, 0.25) is 0 Å². The number of nitrogens with one attached hydrogen (secondary N) is 1. The Morgan fingerprint density at radius 1 is 1.14 bits per heavy atom. The van der Waals surface area contributed by atoms with Crippen molar-refractivity contribution in [3.63, 3.8) is 0 Å². The number of ether oxygens (including phenoxy) is 2. The van der Waals surface area contributed by atoms with Crippen LogP contribution in [-0.2, 0) is 4.79 Å². The minimum absolute atomic E-state index is 0.158. The van der Waals surface area contributed by atoms with Crippen LogP contribution >= 0.6 is 0 Å². The van der Waals surface area contributed by atoms with E-state index in [4.69, 9.17) is 9.47 Å². The van der Waals surface area contributed by atoms with Gasteiger partial charge in [0.05, 0.1) is 18.8 Å². The molecule has 3 rings (SSSR count). The van der Waals surface area contributed by atoms with Crippen LogP contribution in [0, 0.1) is 0 Å². The molecule has 1 heterocycles. The second-order valence-electron chi connectivity index (χ2n) is 6.68. The first kappa shape index (κ1) is 19.7. The zero-order valence-corrected chi connectivity index (χ0v) is 16.3. The molecule has 0 aliphatic carbocycles. The van der Waals surface area contributed by atoms with Crippen molar-refractivity contribution in [2.45, 2.75) is 32.3 Å². The van der Waals surface area contributed by atoms with E-state index in [0.717, 1.165) is 25.0 Å². The summed E-state index contributed by atoms with van der Waals surface area (Å²) in [5.41, 5.74) is 1.20. The first-order valence-electron chi connectivity index (χ1n) is 9.66. The average Bonchev–Trinajstić information content (AvgIpc) is 2.75. The monoisotopic (exact) mass is 382 g/mol. The number of anilines is 1. The van der Waals surface area contributed by atoms with Gasteiger partial charge in [-0.25, -0.2) is 0 Å². The fourth-order valence-corrected chi connectivity index (χ4v) is 3.12. The zero-order chi connectivity index (χ0) is 19.9. The van der Waals surface area contributed by atoms with Crippen molar-refractivity contribution in [1.29, 1.82) is 0 Å². The van der Waals surface area contributed by atoms with E-state index < -0.39 is 6.10 Å². The molecule has 0 saturated carbocycles. The molecule has 0 fully saturated rings. The summed E-state index contributed by atoms with van der Waals surface area (Å²) in [6.45, 7) is 2.98. The van der Waals surface area contributed by atoms with E-state index in [0.29, 0.717) is 23.6 Å². The van der Waals surface area contributed by atoms with E-state index in [9.17, 15) is 9.59 Å². The fraction of sp³-hybridized carbons (Fsp3) is 0.364. The highest BCUT2D eigenvalue weighted by Crippen LogP contribution is 2.34. The van der Waals surface area contributed by atoms with Gasteiger partial charge in [-0.15, -0.1) is 0 Å². The van der Waals surface area contributed by atoms with Gasteiger partial charge >= 0.3 is 0 Å². The van der Waals surface area contributed by atoms with E-state index in [1.54, 1.807) is 30.1 Å². The zero-order valence-electron chi connectivity index (χ0n) is 16.3. The fourth-order valence-electron chi connectivity index (χ4n) is 3.12. The minimum atomic E-state index is -0.745. The van der Waals surface area contributed by atoms with Crippen LogP contribution in [0.4, 0.5) is 5.69 Å². The Morgan fingerprint density at radius 3 is 2.61 bits per heavy atom. The molecule has 6 nitrogen and oxygen atoms in total. The lowest BCUT2D eigenvalue weighted by atomic mass is 10.1. The SMILES string of the molecule is CCCCCOc1ccc(C(=O)N2C[C@@H](C(=O)NC)Oc3ccccc32)cc1. The predicted molar refractivity (Wildman–Crippen MR) is 108 cm³/mol. The number of fused-ring (bicyclic) bond motifs is 1. The molecule has 2 aromatic rings. The summed E-state index contributed by atoms with van der Waals surface area (Å²) >= 11 is 0. The van der Waals surface area contributed by atoms with Gasteiger partial charge in [-0.3, -0.25) is 9.59 Å². The number of likely N-dealkylation sites (N-methyl/N-ethyl adjacent to an activating group) is 1. The van der Waals surface area contributed by atoms with Gasteiger partial charge in [-0.2, -0.15) is 0 Å². The summed E-state index contributed by atoms with van der Waals surface area (Å²) in [6.07, 6.45) is 2.56. The molecule has 6 heteroatoms. The molecule has 1 N–H and O–H groups in total. The lowest BCUT2D eigenvalue weighted by molar-refractivity contribution is -0.127. The summed E-state index contributed by atoms with van der Waals surface area (Å²) < 4.78 is 11.5. The number of carbonyl (C=O) groups excluding carboxylic acids is 2. The molecule has 28 heavy (non-hydrogen) atoms. The van der Waals surface area contributed by atoms with E-state index >= 15 is 0 Å². The number of hydrogen-bond acceptors (Lipinski definition) is 4. The third-order valence-corrected chi connectivity index (χ3v) is 4.68. The van der Waals surface area contributed by atoms with Crippen molar-refractivity contribution >= 4 is 17.5 Å². The molecule has 0 bridgehead atoms. The van der Waals surface area contributed by atoms with Gasteiger partial charge in [0.25, 0.3) is 11.8 Å². The van der Waals surface area contributed by atoms with Crippen molar-refractivity contribution in [2.75, 3.05) is 25.1 Å². The van der Waals surface area contributed by atoms with Crippen molar-refractivity contribution in [1.82, 2.24) is 5.32 Å². The molecule has 0 spiro atoms. The maximum atomic E-state index is 13.1. The van der Waals surface area contributed by atoms with Gasteiger partial charge in [0, 0.05) is 12.6 Å². The topological polar surface area (TPSA) is 67.9 Å². The maximum absolute atomic E-state index is 13.1. The summed E-state index contributed by atoms with van der Waals surface area (Å²) in [6, 6.07) is 14.4. The number of hydrogen-bond donors (Lipinski definition) is 1. The number of amides is 2. The molecule has 0 saturated heterocycles. The second-order valence-corrected chi connectivity index (χ2v) is 6.68. The van der Waals surface area contributed by atoms with E-state index in [1.807, 2.05) is 30.3 Å². The van der Waals surface area contributed by atoms with Crippen LogP contribution < -0.4 is 19.7 Å². The van der Waals surface area contributed by atoms with Crippen LogP contribution in [-0.4, -0.2) is 38.1 Å². The van der Waals surface area contributed by atoms with Crippen molar-refractivity contribution in [2.24, 2.45) is 0 Å². The van der Waals surface area contributed by atoms with Gasteiger partial charge in [-0.1, -0.05) is 31.9 Å². The third-order valence-electron chi connectivity index (χ3n) is 4.68. The van der Waals surface area contributed by atoms with Crippen LogP contribution in [0.15, 0.2) is 48.5 Å². The van der Waals surface area contributed by atoms with E-state index in [-0.39, 0.29) is 18.4 Å². The Morgan fingerprint density at radius 2 is 1.89 bits per heavy atom. The van der Waals surface area contributed by atoms with Gasteiger partial charge < -0.3 is 19.7 Å². The highest BCUT2D eigenvalue weighted by atomic mass is 16.5. The van der Waals surface area contributed by atoms with Crippen molar-refractivity contribution < 1.29 is 19.1 Å². The molecule has 148 valence electrons.